The minimum Gasteiger partial charge on any atom is -0.480 e. The number of nitro benzene ring substituents is 1. The summed E-state index contributed by atoms with van der Waals surface area (Å²) in [5.41, 5.74) is 0.613. The Morgan fingerprint density at radius 3 is 2.19 bits per heavy atom. The van der Waals surface area contributed by atoms with Gasteiger partial charge in [0.15, 0.2) is 0 Å². The Morgan fingerprint density at radius 2 is 1.70 bits per heavy atom. The van der Waals surface area contributed by atoms with Crippen molar-refractivity contribution < 1.29 is 29.2 Å². The molecule has 0 aliphatic carbocycles. The van der Waals surface area contributed by atoms with E-state index in [4.69, 9.17) is 4.74 Å². The van der Waals surface area contributed by atoms with E-state index in [0.717, 1.165) is 0 Å². The second-order valence-corrected chi connectivity index (χ2v) is 5.61. The number of non-ortho nitro benzene ring substituents is 1. The van der Waals surface area contributed by atoms with Crippen molar-refractivity contribution in [2.75, 3.05) is 0 Å². The number of carboxylic acids is 1. The first-order valence-electron chi connectivity index (χ1n) is 7.81. The molecule has 0 aliphatic rings. The predicted octanol–water partition coefficient (Wildman–Crippen LogP) is 1.95. The van der Waals surface area contributed by atoms with Crippen LogP contribution in [-0.2, 0) is 16.0 Å². The number of amides is 1. The van der Waals surface area contributed by atoms with Crippen LogP contribution in [0.2, 0.25) is 0 Å². The Bertz CT molecular complexity index is 860. The number of nitrogens with zero attached hydrogens (tertiary/aromatic N) is 1. The lowest BCUT2D eigenvalue weighted by molar-refractivity contribution is -0.384. The van der Waals surface area contributed by atoms with Crippen molar-refractivity contribution in [3.8, 4) is 5.75 Å². The van der Waals surface area contributed by atoms with Crippen molar-refractivity contribution in [2.45, 2.75) is 19.4 Å². The highest BCUT2D eigenvalue weighted by molar-refractivity contribution is 5.96. The third kappa shape index (κ3) is 5.63. The molecule has 0 aromatic heterocycles. The minimum absolute atomic E-state index is 0.0371. The Balaban J connectivity index is 2.06. The van der Waals surface area contributed by atoms with Gasteiger partial charge in [-0.05, 0) is 29.8 Å². The lowest BCUT2D eigenvalue weighted by Gasteiger charge is -2.15. The lowest BCUT2D eigenvalue weighted by atomic mass is 10.0. The fourth-order valence-electron chi connectivity index (χ4n) is 2.27. The van der Waals surface area contributed by atoms with Gasteiger partial charge < -0.3 is 15.2 Å². The number of nitro groups is 1. The smallest absolute Gasteiger partial charge is 0.326 e. The molecule has 2 aromatic rings. The second kappa shape index (κ2) is 8.56. The molecular formula is C18H16N2O7. The zero-order valence-electron chi connectivity index (χ0n) is 14.2. The van der Waals surface area contributed by atoms with Crippen LogP contribution in [-0.4, -0.2) is 33.9 Å². The molecule has 9 heteroatoms. The van der Waals surface area contributed by atoms with Crippen LogP contribution in [0.1, 0.15) is 22.8 Å². The average molecular weight is 372 g/mol. The summed E-state index contributed by atoms with van der Waals surface area (Å²) in [6.45, 7) is 1.25. The minimum atomic E-state index is -1.24. The normalized spacial score (nSPS) is 11.3. The number of carbonyl (C=O) groups is 3. The summed E-state index contributed by atoms with van der Waals surface area (Å²) >= 11 is 0. The molecule has 1 atom stereocenters. The lowest BCUT2D eigenvalue weighted by Crippen LogP contribution is -2.42. The monoisotopic (exact) mass is 372 g/mol. The molecule has 0 heterocycles. The number of ether oxygens (including phenoxy) is 1. The van der Waals surface area contributed by atoms with Gasteiger partial charge in [-0.1, -0.05) is 12.1 Å². The highest BCUT2D eigenvalue weighted by Crippen LogP contribution is 2.15. The summed E-state index contributed by atoms with van der Waals surface area (Å²) in [7, 11) is 0. The van der Waals surface area contributed by atoms with E-state index < -0.39 is 28.8 Å². The molecule has 27 heavy (non-hydrogen) atoms. The van der Waals surface area contributed by atoms with Crippen LogP contribution in [0.15, 0.2) is 48.5 Å². The topological polar surface area (TPSA) is 136 Å². The Morgan fingerprint density at radius 1 is 1.11 bits per heavy atom. The SMILES string of the molecule is CC(=O)Oc1ccc(C(=O)N[C@H](Cc2ccc([N+](=O)[O-])cc2)C(=O)O)cc1. The summed E-state index contributed by atoms with van der Waals surface area (Å²) in [5, 5.41) is 22.4. The molecule has 9 nitrogen and oxygen atoms in total. The van der Waals surface area contributed by atoms with Gasteiger partial charge in [0.2, 0.25) is 0 Å². The summed E-state index contributed by atoms with van der Waals surface area (Å²) in [4.78, 5) is 44.7. The van der Waals surface area contributed by atoms with Crippen molar-refractivity contribution in [3.05, 3.63) is 69.8 Å². The van der Waals surface area contributed by atoms with Gasteiger partial charge in [0.25, 0.3) is 11.6 Å². The number of carboxylic acid groups (broad SMARTS) is 1. The Hall–Kier alpha value is -3.75. The number of hydrogen-bond donors (Lipinski definition) is 2. The standard InChI is InChI=1S/C18H16N2O7/c1-11(21)27-15-8-4-13(5-9-15)17(22)19-16(18(23)24)10-12-2-6-14(7-3-12)20(25)26/h2-9,16H,10H2,1H3,(H,19,22)(H,23,24)/t16-/m1/s1. The van der Waals surface area contributed by atoms with Crippen LogP contribution in [0.5, 0.6) is 5.75 Å². The molecule has 0 fully saturated rings. The van der Waals surface area contributed by atoms with E-state index in [1.54, 1.807) is 0 Å². The molecule has 140 valence electrons. The van der Waals surface area contributed by atoms with Crippen molar-refractivity contribution in [3.63, 3.8) is 0 Å². The van der Waals surface area contributed by atoms with E-state index in [2.05, 4.69) is 5.32 Å². The highest BCUT2D eigenvalue weighted by atomic mass is 16.6. The van der Waals surface area contributed by atoms with Gasteiger partial charge in [-0.2, -0.15) is 0 Å². The number of carbonyl (C=O) groups excluding carboxylic acids is 2. The van der Waals surface area contributed by atoms with Gasteiger partial charge in [0, 0.05) is 31.0 Å². The van der Waals surface area contributed by atoms with Crippen LogP contribution in [0.3, 0.4) is 0 Å². The molecule has 0 bridgehead atoms. The molecule has 2 N–H and O–H groups in total. The van der Waals surface area contributed by atoms with Crippen LogP contribution < -0.4 is 10.1 Å². The highest BCUT2D eigenvalue weighted by Gasteiger charge is 2.21. The van der Waals surface area contributed by atoms with Crippen LogP contribution in [0, 0.1) is 10.1 Å². The van der Waals surface area contributed by atoms with E-state index >= 15 is 0 Å². The number of hydrogen-bond acceptors (Lipinski definition) is 6. The quantitative estimate of drug-likeness (QED) is 0.328. The number of esters is 1. The van der Waals surface area contributed by atoms with Crippen molar-refractivity contribution in [1.82, 2.24) is 5.32 Å². The van der Waals surface area contributed by atoms with Gasteiger partial charge in [-0.25, -0.2) is 4.79 Å². The van der Waals surface area contributed by atoms with Gasteiger partial charge in [-0.3, -0.25) is 19.7 Å². The van der Waals surface area contributed by atoms with Gasteiger partial charge in [0.1, 0.15) is 11.8 Å². The predicted molar refractivity (Wildman–Crippen MR) is 93.4 cm³/mol. The zero-order chi connectivity index (χ0) is 20.0. The molecule has 2 rings (SSSR count). The average Bonchev–Trinajstić information content (AvgIpc) is 2.61. The van der Waals surface area contributed by atoms with Gasteiger partial charge in [-0.15, -0.1) is 0 Å². The molecule has 2 aromatic carbocycles. The molecule has 0 unspecified atom stereocenters. The first-order valence-corrected chi connectivity index (χ1v) is 7.81. The Kier molecular flexibility index (Phi) is 6.21. The summed E-state index contributed by atoms with van der Waals surface area (Å²) < 4.78 is 4.86. The maximum absolute atomic E-state index is 12.3. The fraction of sp³-hybridized carbons (Fsp3) is 0.167. The van der Waals surface area contributed by atoms with E-state index in [9.17, 15) is 29.6 Å². The zero-order valence-corrected chi connectivity index (χ0v) is 14.2. The number of benzene rings is 2. The van der Waals surface area contributed by atoms with E-state index in [1.807, 2.05) is 0 Å². The van der Waals surface area contributed by atoms with E-state index in [-0.39, 0.29) is 23.4 Å². The maximum atomic E-state index is 12.3. The molecule has 0 saturated carbocycles. The third-order valence-electron chi connectivity index (χ3n) is 3.57. The fourth-order valence-corrected chi connectivity index (χ4v) is 2.27. The summed E-state index contributed by atoms with van der Waals surface area (Å²) in [5.74, 6) is -2.09. The van der Waals surface area contributed by atoms with Crippen LogP contribution in [0.4, 0.5) is 5.69 Å². The summed E-state index contributed by atoms with van der Waals surface area (Å²) in [6.07, 6.45) is -0.0371. The van der Waals surface area contributed by atoms with Gasteiger partial charge in [0.05, 0.1) is 4.92 Å². The molecule has 0 spiro atoms. The summed E-state index contributed by atoms with van der Waals surface area (Å²) in [6, 6.07) is 9.84. The second-order valence-electron chi connectivity index (χ2n) is 5.61. The van der Waals surface area contributed by atoms with Crippen molar-refractivity contribution >= 4 is 23.5 Å². The first kappa shape index (κ1) is 19.6. The maximum Gasteiger partial charge on any atom is 0.326 e. The molecule has 1 amide bonds. The first-order chi connectivity index (χ1) is 12.8. The third-order valence-corrected chi connectivity index (χ3v) is 3.57. The number of rotatable bonds is 7. The van der Waals surface area contributed by atoms with Crippen molar-refractivity contribution in [2.24, 2.45) is 0 Å². The van der Waals surface area contributed by atoms with E-state index in [0.29, 0.717) is 5.56 Å². The number of aliphatic carboxylic acids is 1. The van der Waals surface area contributed by atoms with Crippen LogP contribution in [0.25, 0.3) is 0 Å². The molecule has 0 saturated heterocycles. The van der Waals surface area contributed by atoms with Crippen LogP contribution >= 0.6 is 0 Å². The van der Waals surface area contributed by atoms with E-state index in [1.165, 1.54) is 55.5 Å². The van der Waals surface area contributed by atoms with Crippen molar-refractivity contribution in [1.29, 1.82) is 0 Å². The molecular weight excluding hydrogens is 356 g/mol. The van der Waals surface area contributed by atoms with Gasteiger partial charge >= 0.3 is 11.9 Å². The largest absolute Gasteiger partial charge is 0.480 e. The Labute approximate surface area is 153 Å². The number of nitrogens with one attached hydrogen (secondary N) is 1. The molecule has 0 radical (unpaired) electrons. The molecule has 0 aliphatic heterocycles.